The van der Waals surface area contributed by atoms with Crippen LogP contribution in [-0.4, -0.2) is 30.1 Å². The monoisotopic (exact) mass is 561 g/mol. The van der Waals surface area contributed by atoms with Gasteiger partial charge in [0.1, 0.15) is 0 Å². The van der Waals surface area contributed by atoms with E-state index in [1.165, 1.54) is 17.4 Å². The van der Waals surface area contributed by atoms with E-state index in [-0.39, 0.29) is 12.3 Å². The van der Waals surface area contributed by atoms with E-state index < -0.39 is 5.54 Å². The number of aryl methyl sites for hydroxylation is 1. The number of methoxy groups -OCH3 is 2. The van der Waals surface area contributed by atoms with E-state index in [0.717, 1.165) is 58.2 Å². The van der Waals surface area contributed by atoms with Gasteiger partial charge in [0.2, 0.25) is 5.91 Å². The Morgan fingerprint density at radius 1 is 1.05 bits per heavy atom. The predicted molar refractivity (Wildman–Crippen MR) is 150 cm³/mol. The van der Waals surface area contributed by atoms with Crippen molar-refractivity contribution in [3.05, 3.63) is 76.0 Å². The number of carbonyl (C=O) groups is 1. The second-order valence-electron chi connectivity index (χ2n) is 9.81. The molecule has 2 heterocycles. The quantitative estimate of drug-likeness (QED) is 0.259. The van der Waals surface area contributed by atoms with Gasteiger partial charge in [0.15, 0.2) is 11.5 Å². The lowest BCUT2D eigenvalue weighted by Crippen LogP contribution is -2.48. The number of benzene rings is 2. The zero-order chi connectivity index (χ0) is 26.0. The molecule has 1 aliphatic carbocycles. The molecule has 0 spiro atoms. The molecule has 2 aromatic carbocycles. The summed E-state index contributed by atoms with van der Waals surface area (Å²) in [5, 5.41) is 4.58. The highest BCUT2D eigenvalue weighted by Gasteiger charge is 2.37. The first-order chi connectivity index (χ1) is 17.9. The van der Waals surface area contributed by atoms with Crippen molar-refractivity contribution in [2.45, 2.75) is 51.0 Å². The van der Waals surface area contributed by atoms with Crippen LogP contribution < -0.4 is 14.8 Å². The third-order valence-electron chi connectivity index (χ3n) is 7.41. The molecule has 0 saturated heterocycles. The summed E-state index contributed by atoms with van der Waals surface area (Å²) in [6.45, 7) is 2.12. The largest absolute Gasteiger partial charge is 0.493 e. The lowest BCUT2D eigenvalue weighted by Gasteiger charge is -2.37. The summed E-state index contributed by atoms with van der Waals surface area (Å²) in [4.78, 5) is 21.8. The Kier molecular flexibility index (Phi) is 7.24. The SMILES string of the molecule is COc1cc(Br)c(CC(=O)NC2(c3cc(-c4cc(C)c5ccccc5n4)c[nH]3)CCCCC2)cc1OC. The van der Waals surface area contributed by atoms with Crippen molar-refractivity contribution in [3.63, 3.8) is 0 Å². The normalized spacial score (nSPS) is 14.9. The minimum Gasteiger partial charge on any atom is -0.493 e. The molecule has 0 aliphatic heterocycles. The third kappa shape index (κ3) is 5.10. The second-order valence-corrected chi connectivity index (χ2v) is 10.7. The van der Waals surface area contributed by atoms with E-state index >= 15 is 0 Å². The fraction of sp³-hybridized carbons (Fsp3) is 0.333. The Labute approximate surface area is 225 Å². The fourth-order valence-corrected chi connectivity index (χ4v) is 5.91. The smallest absolute Gasteiger partial charge is 0.225 e. The number of nitrogens with zero attached hydrogens (tertiary/aromatic N) is 1. The van der Waals surface area contributed by atoms with Crippen molar-refractivity contribution in [1.82, 2.24) is 15.3 Å². The van der Waals surface area contributed by atoms with E-state index in [1.54, 1.807) is 14.2 Å². The minimum atomic E-state index is -0.428. The molecule has 7 heteroatoms. The number of pyridine rings is 1. The van der Waals surface area contributed by atoms with E-state index in [0.29, 0.717) is 11.5 Å². The Morgan fingerprint density at radius 3 is 2.54 bits per heavy atom. The molecular formula is C30H32BrN3O3. The summed E-state index contributed by atoms with van der Waals surface area (Å²) in [7, 11) is 3.20. The van der Waals surface area contributed by atoms with Gasteiger partial charge < -0.3 is 19.8 Å². The fourth-order valence-electron chi connectivity index (χ4n) is 5.45. The Morgan fingerprint density at radius 2 is 1.78 bits per heavy atom. The summed E-state index contributed by atoms with van der Waals surface area (Å²) >= 11 is 3.59. The average molecular weight is 563 g/mol. The first-order valence-corrected chi connectivity index (χ1v) is 13.5. The summed E-state index contributed by atoms with van der Waals surface area (Å²) in [5.74, 6) is 1.21. The van der Waals surface area contributed by atoms with Crippen molar-refractivity contribution in [2.75, 3.05) is 14.2 Å². The van der Waals surface area contributed by atoms with Gasteiger partial charge in [-0.05, 0) is 61.2 Å². The van der Waals surface area contributed by atoms with Gasteiger partial charge in [-0.1, -0.05) is 53.4 Å². The number of rotatable bonds is 7. The van der Waals surface area contributed by atoms with E-state index in [1.807, 2.05) is 30.5 Å². The lowest BCUT2D eigenvalue weighted by atomic mass is 9.79. The van der Waals surface area contributed by atoms with Gasteiger partial charge in [-0.3, -0.25) is 4.79 Å². The van der Waals surface area contributed by atoms with Crippen molar-refractivity contribution in [3.8, 4) is 22.8 Å². The van der Waals surface area contributed by atoms with Gasteiger partial charge in [-0.2, -0.15) is 0 Å². The highest BCUT2D eigenvalue weighted by atomic mass is 79.9. The standard InChI is InChI=1S/C30H32BrN3O3/c1-19-13-25(33-24-10-6-5-9-22(19)24)21-15-28(32-18-21)30(11-7-4-8-12-30)34-29(35)16-20-14-26(36-2)27(37-3)17-23(20)31/h5-6,9-10,13-15,17-18,32H,4,7-8,11-12,16H2,1-3H3,(H,34,35). The topological polar surface area (TPSA) is 76.2 Å². The van der Waals surface area contributed by atoms with Crippen LogP contribution in [-0.2, 0) is 16.8 Å². The lowest BCUT2D eigenvalue weighted by molar-refractivity contribution is -0.123. The molecule has 1 aliphatic rings. The number of carbonyl (C=O) groups excluding carboxylic acids is 1. The van der Waals surface area contributed by atoms with Gasteiger partial charge in [-0.25, -0.2) is 4.98 Å². The van der Waals surface area contributed by atoms with Gasteiger partial charge in [0.25, 0.3) is 0 Å². The van der Waals surface area contributed by atoms with Crippen LogP contribution in [0.1, 0.15) is 48.9 Å². The number of halogens is 1. The first kappa shape index (κ1) is 25.3. The van der Waals surface area contributed by atoms with Crippen LogP contribution >= 0.6 is 15.9 Å². The molecular weight excluding hydrogens is 530 g/mol. The van der Waals surface area contributed by atoms with Gasteiger partial charge in [-0.15, -0.1) is 0 Å². The van der Waals surface area contributed by atoms with E-state index in [4.69, 9.17) is 14.5 Å². The second kappa shape index (κ2) is 10.6. The zero-order valence-corrected chi connectivity index (χ0v) is 23.1. The van der Waals surface area contributed by atoms with Crippen molar-refractivity contribution in [1.29, 1.82) is 0 Å². The maximum absolute atomic E-state index is 13.4. The Bertz CT molecular complexity index is 1440. The summed E-state index contributed by atoms with van der Waals surface area (Å²) in [5.41, 5.74) is 5.61. The molecule has 0 bridgehead atoms. The molecule has 1 amide bonds. The number of para-hydroxylation sites is 1. The first-order valence-electron chi connectivity index (χ1n) is 12.7. The van der Waals surface area contributed by atoms with Crippen LogP contribution in [0.5, 0.6) is 11.5 Å². The molecule has 5 rings (SSSR count). The number of amides is 1. The Hall–Kier alpha value is -3.32. The number of ether oxygens (including phenoxy) is 2. The van der Waals surface area contributed by atoms with Crippen LogP contribution in [0.15, 0.2) is 59.2 Å². The molecule has 192 valence electrons. The van der Waals surface area contributed by atoms with Crippen molar-refractivity contribution >= 4 is 32.7 Å². The molecule has 2 aromatic heterocycles. The molecule has 2 N–H and O–H groups in total. The predicted octanol–water partition coefficient (Wildman–Crippen LogP) is 6.84. The number of H-pyrrole nitrogens is 1. The molecule has 1 fully saturated rings. The number of aromatic amines is 1. The van der Waals surface area contributed by atoms with Crippen molar-refractivity contribution in [2.24, 2.45) is 0 Å². The summed E-state index contributed by atoms with van der Waals surface area (Å²) < 4.78 is 11.6. The van der Waals surface area contributed by atoms with Gasteiger partial charge in [0, 0.05) is 27.3 Å². The molecule has 0 radical (unpaired) electrons. The van der Waals surface area contributed by atoms with Crippen molar-refractivity contribution < 1.29 is 14.3 Å². The minimum absolute atomic E-state index is 0.0226. The molecule has 37 heavy (non-hydrogen) atoms. The summed E-state index contributed by atoms with van der Waals surface area (Å²) in [6.07, 6.45) is 7.37. The molecule has 0 atom stereocenters. The number of hydrogen-bond donors (Lipinski definition) is 2. The molecule has 6 nitrogen and oxygen atoms in total. The van der Waals surface area contributed by atoms with Crippen LogP contribution in [0.25, 0.3) is 22.2 Å². The zero-order valence-electron chi connectivity index (χ0n) is 21.5. The Balaban J connectivity index is 1.42. The third-order valence-corrected chi connectivity index (χ3v) is 8.14. The van der Waals surface area contributed by atoms with E-state index in [2.05, 4.69) is 57.4 Å². The maximum Gasteiger partial charge on any atom is 0.225 e. The van der Waals surface area contributed by atoms with E-state index in [9.17, 15) is 4.79 Å². The maximum atomic E-state index is 13.4. The van der Waals surface area contributed by atoms with Crippen LogP contribution in [0.4, 0.5) is 0 Å². The van der Waals surface area contributed by atoms with Crippen LogP contribution in [0.3, 0.4) is 0 Å². The summed E-state index contributed by atoms with van der Waals surface area (Å²) in [6, 6.07) is 16.2. The molecule has 0 unspecified atom stereocenters. The molecule has 4 aromatic rings. The number of nitrogens with one attached hydrogen (secondary N) is 2. The highest BCUT2D eigenvalue weighted by molar-refractivity contribution is 9.10. The number of aromatic nitrogens is 2. The number of hydrogen-bond acceptors (Lipinski definition) is 4. The number of fused-ring (bicyclic) bond motifs is 1. The molecule has 1 saturated carbocycles. The van der Waals surface area contributed by atoms with Gasteiger partial charge >= 0.3 is 0 Å². The highest BCUT2D eigenvalue weighted by Crippen LogP contribution is 2.39. The van der Waals surface area contributed by atoms with Crippen LogP contribution in [0.2, 0.25) is 0 Å². The average Bonchev–Trinajstić information content (AvgIpc) is 3.41. The van der Waals surface area contributed by atoms with Crippen LogP contribution in [0, 0.1) is 6.92 Å². The van der Waals surface area contributed by atoms with Gasteiger partial charge in [0.05, 0.1) is 37.4 Å².